The number of hydrogen-bond acceptors (Lipinski definition) is 6. The highest BCUT2D eigenvalue weighted by Crippen LogP contribution is 2.27. The summed E-state index contributed by atoms with van der Waals surface area (Å²) in [5.74, 6) is 0.941. The Morgan fingerprint density at radius 1 is 1.47 bits per heavy atom. The lowest BCUT2D eigenvalue weighted by Gasteiger charge is -2.36. The molecule has 102 valence electrons. The van der Waals surface area contributed by atoms with Crippen molar-refractivity contribution in [1.29, 1.82) is 0 Å². The molecule has 19 heavy (non-hydrogen) atoms. The Hall–Kier alpha value is -1.89. The largest absolute Gasteiger partial charge is 0.375 e. The third-order valence-corrected chi connectivity index (χ3v) is 3.34. The van der Waals surface area contributed by atoms with Gasteiger partial charge in [0.05, 0.1) is 11.9 Å². The maximum atomic E-state index is 5.71. The van der Waals surface area contributed by atoms with Gasteiger partial charge in [0, 0.05) is 12.6 Å². The zero-order valence-electron chi connectivity index (χ0n) is 11.1. The molecular weight excluding hydrogens is 244 g/mol. The molecule has 7 nitrogen and oxygen atoms in total. The molecule has 4 N–H and O–H groups in total. The number of nitrogen functional groups attached to an aromatic ring is 1. The van der Waals surface area contributed by atoms with E-state index in [1.54, 1.807) is 6.33 Å². The molecule has 1 aliphatic heterocycles. The van der Waals surface area contributed by atoms with E-state index in [0.29, 0.717) is 17.5 Å². The topological polar surface area (TPSA) is 102 Å². The third-order valence-electron chi connectivity index (χ3n) is 3.34. The first-order valence-electron chi connectivity index (χ1n) is 6.41. The molecule has 2 aromatic heterocycles. The van der Waals surface area contributed by atoms with Crippen molar-refractivity contribution in [2.75, 3.05) is 17.7 Å². The molecule has 1 fully saturated rings. The van der Waals surface area contributed by atoms with E-state index in [4.69, 9.17) is 10.5 Å². The predicted octanol–water partition coefficient (Wildman–Crippen LogP) is 1.30. The van der Waals surface area contributed by atoms with Gasteiger partial charge in [-0.25, -0.2) is 4.98 Å². The van der Waals surface area contributed by atoms with Gasteiger partial charge in [0.1, 0.15) is 5.52 Å². The fraction of sp³-hybridized carbons (Fsp3) is 0.583. The second kappa shape index (κ2) is 4.34. The second-order valence-electron chi connectivity index (χ2n) is 5.47. The molecule has 0 bridgehead atoms. The van der Waals surface area contributed by atoms with Gasteiger partial charge in [-0.3, -0.25) is 0 Å². The molecule has 0 aromatic carbocycles. The van der Waals surface area contributed by atoms with E-state index in [0.717, 1.165) is 25.0 Å². The first-order valence-corrected chi connectivity index (χ1v) is 6.41. The molecule has 3 heterocycles. The Morgan fingerprint density at radius 2 is 2.32 bits per heavy atom. The van der Waals surface area contributed by atoms with E-state index in [2.05, 4.69) is 39.1 Å². The molecule has 1 atom stereocenters. The predicted molar refractivity (Wildman–Crippen MR) is 72.8 cm³/mol. The van der Waals surface area contributed by atoms with Crippen molar-refractivity contribution < 1.29 is 4.74 Å². The van der Waals surface area contributed by atoms with Crippen LogP contribution in [0.3, 0.4) is 0 Å². The number of anilines is 2. The van der Waals surface area contributed by atoms with Gasteiger partial charge < -0.3 is 20.8 Å². The third kappa shape index (κ3) is 2.46. The van der Waals surface area contributed by atoms with Crippen LogP contribution in [0.1, 0.15) is 26.7 Å². The van der Waals surface area contributed by atoms with Crippen molar-refractivity contribution in [3.8, 4) is 0 Å². The number of rotatable bonds is 2. The average molecular weight is 262 g/mol. The molecule has 0 aliphatic carbocycles. The lowest BCUT2D eigenvalue weighted by atomic mass is 9.94. The lowest BCUT2D eigenvalue weighted by Crippen LogP contribution is -2.40. The number of fused-ring (bicyclic) bond motifs is 1. The quantitative estimate of drug-likeness (QED) is 0.754. The van der Waals surface area contributed by atoms with Crippen molar-refractivity contribution in [2.24, 2.45) is 0 Å². The molecule has 1 unspecified atom stereocenters. The summed E-state index contributed by atoms with van der Waals surface area (Å²) >= 11 is 0. The van der Waals surface area contributed by atoms with Crippen molar-refractivity contribution >= 4 is 22.9 Å². The standard InChI is InChI=1S/C12H18N6O/c1-12(2)5-7(3-4-19-12)16-10-8-9(15-6-14-8)17-11(13)18-10/h6-7H,3-5H2,1-2H3,(H4,13,14,15,16,17,18). The smallest absolute Gasteiger partial charge is 0.224 e. The summed E-state index contributed by atoms with van der Waals surface area (Å²) < 4.78 is 5.71. The number of nitrogens with zero attached hydrogens (tertiary/aromatic N) is 3. The number of ether oxygens (including phenoxy) is 1. The van der Waals surface area contributed by atoms with Crippen LogP contribution in [0.25, 0.3) is 11.2 Å². The maximum Gasteiger partial charge on any atom is 0.224 e. The number of nitrogens with one attached hydrogen (secondary N) is 2. The summed E-state index contributed by atoms with van der Waals surface area (Å²) in [6, 6.07) is 0.310. The van der Waals surface area contributed by atoms with Crippen LogP contribution in [0.2, 0.25) is 0 Å². The molecule has 0 radical (unpaired) electrons. The van der Waals surface area contributed by atoms with Crippen LogP contribution < -0.4 is 11.1 Å². The molecule has 7 heteroatoms. The Morgan fingerprint density at radius 3 is 3.11 bits per heavy atom. The molecule has 1 aliphatic rings. The summed E-state index contributed by atoms with van der Waals surface area (Å²) in [5.41, 5.74) is 6.97. The summed E-state index contributed by atoms with van der Waals surface area (Å²) in [5, 5.41) is 3.42. The summed E-state index contributed by atoms with van der Waals surface area (Å²) in [7, 11) is 0. The Balaban J connectivity index is 1.86. The van der Waals surface area contributed by atoms with Gasteiger partial charge in [-0.1, -0.05) is 0 Å². The van der Waals surface area contributed by atoms with E-state index in [-0.39, 0.29) is 11.5 Å². The summed E-state index contributed by atoms with van der Waals surface area (Å²) in [6.07, 6.45) is 3.47. The van der Waals surface area contributed by atoms with E-state index < -0.39 is 0 Å². The van der Waals surface area contributed by atoms with Gasteiger partial charge in [0.15, 0.2) is 11.5 Å². The number of H-pyrrole nitrogens is 1. The van der Waals surface area contributed by atoms with Gasteiger partial charge in [-0.2, -0.15) is 9.97 Å². The first kappa shape index (κ1) is 12.2. The van der Waals surface area contributed by atoms with Gasteiger partial charge >= 0.3 is 0 Å². The average Bonchev–Trinajstić information content (AvgIpc) is 2.75. The van der Waals surface area contributed by atoms with Crippen molar-refractivity contribution in [2.45, 2.75) is 38.3 Å². The fourth-order valence-electron chi connectivity index (χ4n) is 2.50. The van der Waals surface area contributed by atoms with Crippen LogP contribution in [0, 0.1) is 0 Å². The van der Waals surface area contributed by atoms with E-state index in [1.807, 2.05) is 0 Å². The number of aromatic nitrogens is 4. The van der Waals surface area contributed by atoms with Gasteiger partial charge in [-0.15, -0.1) is 0 Å². The molecule has 3 rings (SSSR count). The SMILES string of the molecule is CC1(C)CC(Nc2nc(N)nc3nc[nH]c23)CCO1. The Bertz CT molecular complexity index is 593. The summed E-state index contributed by atoms with van der Waals surface area (Å²) in [6.45, 7) is 4.94. The van der Waals surface area contributed by atoms with Crippen LogP contribution >= 0.6 is 0 Å². The molecule has 0 saturated carbocycles. The first-order chi connectivity index (χ1) is 9.03. The summed E-state index contributed by atoms with van der Waals surface area (Å²) in [4.78, 5) is 15.5. The van der Waals surface area contributed by atoms with Crippen LogP contribution in [-0.4, -0.2) is 38.2 Å². The highest BCUT2D eigenvalue weighted by atomic mass is 16.5. The number of imidazole rings is 1. The Kier molecular flexibility index (Phi) is 2.78. The van der Waals surface area contributed by atoms with Crippen LogP contribution in [-0.2, 0) is 4.74 Å². The molecular formula is C12H18N6O. The van der Waals surface area contributed by atoms with Gasteiger partial charge in [0.2, 0.25) is 5.95 Å². The molecule has 1 saturated heterocycles. The zero-order valence-corrected chi connectivity index (χ0v) is 11.1. The molecule has 2 aromatic rings. The highest BCUT2D eigenvalue weighted by molar-refractivity contribution is 5.83. The highest BCUT2D eigenvalue weighted by Gasteiger charge is 2.29. The molecule has 0 amide bonds. The van der Waals surface area contributed by atoms with E-state index in [9.17, 15) is 0 Å². The lowest BCUT2D eigenvalue weighted by molar-refractivity contribution is -0.0553. The fourth-order valence-corrected chi connectivity index (χ4v) is 2.50. The minimum absolute atomic E-state index is 0.110. The van der Waals surface area contributed by atoms with Crippen molar-refractivity contribution in [1.82, 2.24) is 19.9 Å². The minimum Gasteiger partial charge on any atom is -0.375 e. The van der Waals surface area contributed by atoms with E-state index >= 15 is 0 Å². The Labute approximate surface area is 111 Å². The monoisotopic (exact) mass is 262 g/mol. The van der Waals surface area contributed by atoms with E-state index in [1.165, 1.54) is 0 Å². The second-order valence-corrected chi connectivity index (χ2v) is 5.47. The van der Waals surface area contributed by atoms with Gasteiger partial charge in [0.25, 0.3) is 0 Å². The van der Waals surface area contributed by atoms with Crippen molar-refractivity contribution in [3.05, 3.63) is 6.33 Å². The number of aromatic amines is 1. The number of nitrogens with two attached hydrogens (primary N) is 1. The van der Waals surface area contributed by atoms with Crippen molar-refractivity contribution in [3.63, 3.8) is 0 Å². The van der Waals surface area contributed by atoms with Crippen LogP contribution in [0.5, 0.6) is 0 Å². The molecule has 0 spiro atoms. The van der Waals surface area contributed by atoms with Crippen LogP contribution in [0.4, 0.5) is 11.8 Å². The van der Waals surface area contributed by atoms with Gasteiger partial charge in [-0.05, 0) is 26.7 Å². The minimum atomic E-state index is -0.110. The van der Waals surface area contributed by atoms with Crippen LogP contribution in [0.15, 0.2) is 6.33 Å². The normalized spacial score (nSPS) is 22.5. The maximum absolute atomic E-state index is 5.71. The number of hydrogen-bond donors (Lipinski definition) is 3. The zero-order chi connectivity index (χ0) is 13.5.